The molecule has 1 fully saturated rings. The fourth-order valence-corrected chi connectivity index (χ4v) is 2.03. The van der Waals surface area contributed by atoms with Gasteiger partial charge in [0.05, 0.1) is 6.04 Å². The summed E-state index contributed by atoms with van der Waals surface area (Å²) in [5.41, 5.74) is 0. The molecule has 1 amide bonds. The lowest BCUT2D eigenvalue weighted by atomic mass is 10.2. The van der Waals surface area contributed by atoms with Crippen molar-refractivity contribution >= 4 is 5.91 Å². The molecule has 0 aliphatic carbocycles. The summed E-state index contributed by atoms with van der Waals surface area (Å²) in [5, 5.41) is 6.35. The Bertz CT molecular complexity index is 439. The van der Waals surface area contributed by atoms with Gasteiger partial charge in [0, 0.05) is 13.0 Å². The lowest BCUT2D eigenvalue weighted by Gasteiger charge is -2.18. The van der Waals surface area contributed by atoms with Gasteiger partial charge in [-0.15, -0.1) is 0 Å². The van der Waals surface area contributed by atoms with Gasteiger partial charge in [-0.1, -0.05) is 5.16 Å². The van der Waals surface area contributed by atoms with Crippen LogP contribution in [0.2, 0.25) is 0 Å². The van der Waals surface area contributed by atoms with E-state index in [9.17, 15) is 9.59 Å². The van der Waals surface area contributed by atoms with Gasteiger partial charge in [0.25, 0.3) is 0 Å². The van der Waals surface area contributed by atoms with Crippen molar-refractivity contribution in [3.8, 4) is 0 Å². The summed E-state index contributed by atoms with van der Waals surface area (Å²) in [6.07, 6.45) is 2.43. The van der Waals surface area contributed by atoms with Crippen LogP contribution in [0.25, 0.3) is 0 Å². The molecule has 1 saturated heterocycles. The van der Waals surface area contributed by atoms with Crippen LogP contribution in [-0.2, 0) is 11.2 Å². The average molecular weight is 240 g/mol. The number of hydrogen-bond donors (Lipinski definition) is 2. The van der Waals surface area contributed by atoms with E-state index in [-0.39, 0.29) is 11.9 Å². The Morgan fingerprint density at radius 3 is 3.12 bits per heavy atom. The highest BCUT2D eigenvalue weighted by Crippen LogP contribution is 2.14. The van der Waals surface area contributed by atoms with Crippen LogP contribution < -0.4 is 11.1 Å². The molecule has 1 aliphatic heterocycles. The molecule has 1 atom stereocenters. The molecule has 2 rings (SSSR count). The molecule has 0 spiro atoms. The number of aromatic amines is 1. The van der Waals surface area contributed by atoms with Gasteiger partial charge in [0.2, 0.25) is 5.91 Å². The minimum absolute atomic E-state index is 0.0219. The molecule has 7 nitrogen and oxygen atoms in total. The fraction of sp³-hybridized carbons (Fsp3) is 0.700. The predicted octanol–water partition coefficient (Wildman–Crippen LogP) is -0.884. The lowest BCUT2D eigenvalue weighted by Crippen LogP contribution is -2.42. The Morgan fingerprint density at radius 1 is 1.71 bits per heavy atom. The van der Waals surface area contributed by atoms with Crippen LogP contribution in [-0.4, -0.2) is 47.1 Å². The summed E-state index contributed by atoms with van der Waals surface area (Å²) in [5.74, 6) is -0.0761. The lowest BCUT2D eigenvalue weighted by molar-refractivity contribution is -0.125. The summed E-state index contributed by atoms with van der Waals surface area (Å²) in [7, 11) is 1.95. The number of H-pyrrole nitrogens is 1. The monoisotopic (exact) mass is 240 g/mol. The number of nitrogens with one attached hydrogen (secondary N) is 2. The van der Waals surface area contributed by atoms with Crippen LogP contribution in [0.15, 0.2) is 9.32 Å². The molecule has 1 unspecified atom stereocenters. The second kappa shape index (κ2) is 5.13. The molecule has 0 bridgehead atoms. The minimum atomic E-state index is -0.568. The molecule has 0 saturated carbocycles. The zero-order valence-electron chi connectivity index (χ0n) is 9.73. The van der Waals surface area contributed by atoms with Gasteiger partial charge in [-0.25, -0.2) is 4.79 Å². The van der Waals surface area contributed by atoms with E-state index in [2.05, 4.69) is 20.0 Å². The topological polar surface area (TPSA) is 91.2 Å². The molecule has 2 N–H and O–H groups in total. The second-order valence-corrected chi connectivity index (χ2v) is 4.22. The number of hydrogen-bond acceptors (Lipinski definition) is 5. The first kappa shape index (κ1) is 11.8. The molecule has 94 valence electrons. The van der Waals surface area contributed by atoms with E-state index in [1.165, 1.54) is 0 Å². The maximum atomic E-state index is 11.8. The maximum Gasteiger partial charge on any atom is 0.438 e. The average Bonchev–Trinajstić information content (AvgIpc) is 2.87. The first-order chi connectivity index (χ1) is 8.16. The minimum Gasteiger partial charge on any atom is -0.354 e. The van der Waals surface area contributed by atoms with Crippen molar-refractivity contribution in [3.05, 3.63) is 16.4 Å². The molecule has 0 aromatic carbocycles. The van der Waals surface area contributed by atoms with Crippen molar-refractivity contribution in [2.24, 2.45) is 0 Å². The van der Waals surface area contributed by atoms with E-state index in [1.807, 2.05) is 11.9 Å². The quantitative estimate of drug-likeness (QED) is 0.713. The third-order valence-corrected chi connectivity index (χ3v) is 2.97. The standard InChI is InChI=1S/C10H16N4O3/c1-14-6-2-3-7(14)9(15)11-5-4-8-12-10(16)17-13-8/h7H,2-6H2,1H3,(H,11,15)(H,12,13,16). The van der Waals surface area contributed by atoms with Crippen LogP contribution in [0.5, 0.6) is 0 Å². The molecule has 1 aromatic heterocycles. The maximum absolute atomic E-state index is 11.8. The number of likely N-dealkylation sites (N-methyl/N-ethyl adjacent to an activating group) is 1. The van der Waals surface area contributed by atoms with Crippen LogP contribution in [0.1, 0.15) is 18.7 Å². The molecular formula is C10H16N4O3. The Labute approximate surface area is 98.2 Å². The fourth-order valence-electron chi connectivity index (χ4n) is 2.03. The molecule has 1 aliphatic rings. The zero-order chi connectivity index (χ0) is 12.3. The Morgan fingerprint density at radius 2 is 2.53 bits per heavy atom. The number of carbonyl (C=O) groups excluding carboxylic acids is 1. The molecule has 7 heteroatoms. The van der Waals surface area contributed by atoms with Gasteiger partial charge in [0.1, 0.15) is 0 Å². The predicted molar refractivity (Wildman–Crippen MR) is 59.5 cm³/mol. The van der Waals surface area contributed by atoms with E-state index in [1.54, 1.807) is 0 Å². The Hall–Kier alpha value is -1.63. The SMILES string of the molecule is CN1CCCC1C(=O)NCCc1noc(=O)[nH]1. The van der Waals surface area contributed by atoms with Crippen LogP contribution in [0, 0.1) is 0 Å². The summed E-state index contributed by atoms with van der Waals surface area (Å²) >= 11 is 0. The second-order valence-electron chi connectivity index (χ2n) is 4.22. The highest BCUT2D eigenvalue weighted by atomic mass is 16.5. The van der Waals surface area contributed by atoms with Gasteiger partial charge in [0.15, 0.2) is 5.82 Å². The highest BCUT2D eigenvalue weighted by Gasteiger charge is 2.27. The van der Waals surface area contributed by atoms with Crippen molar-refractivity contribution in [2.45, 2.75) is 25.3 Å². The molecule has 2 heterocycles. The van der Waals surface area contributed by atoms with E-state index in [0.29, 0.717) is 18.8 Å². The first-order valence-electron chi connectivity index (χ1n) is 5.69. The van der Waals surface area contributed by atoms with Gasteiger partial charge < -0.3 is 5.32 Å². The summed E-state index contributed by atoms with van der Waals surface area (Å²) in [6.45, 7) is 1.42. The van der Waals surface area contributed by atoms with Crippen LogP contribution in [0.4, 0.5) is 0 Å². The van der Waals surface area contributed by atoms with Gasteiger partial charge in [-0.05, 0) is 26.4 Å². The van der Waals surface area contributed by atoms with Crippen molar-refractivity contribution in [2.75, 3.05) is 20.1 Å². The normalized spacial score (nSPS) is 20.6. The van der Waals surface area contributed by atoms with E-state index in [4.69, 9.17) is 0 Å². The summed E-state index contributed by atoms with van der Waals surface area (Å²) in [4.78, 5) is 26.9. The van der Waals surface area contributed by atoms with Crippen molar-refractivity contribution in [1.82, 2.24) is 20.4 Å². The number of carbonyl (C=O) groups is 1. The van der Waals surface area contributed by atoms with Gasteiger partial charge in [-0.3, -0.25) is 19.2 Å². The number of likely N-dealkylation sites (tertiary alicyclic amines) is 1. The van der Waals surface area contributed by atoms with E-state index < -0.39 is 5.76 Å². The third kappa shape index (κ3) is 2.94. The molecular weight excluding hydrogens is 224 g/mol. The largest absolute Gasteiger partial charge is 0.438 e. The summed E-state index contributed by atoms with van der Waals surface area (Å²) in [6, 6.07) is -0.0219. The highest BCUT2D eigenvalue weighted by molar-refractivity contribution is 5.81. The molecule has 17 heavy (non-hydrogen) atoms. The van der Waals surface area contributed by atoms with Crippen LogP contribution >= 0.6 is 0 Å². The van der Waals surface area contributed by atoms with E-state index in [0.717, 1.165) is 19.4 Å². The Balaban J connectivity index is 1.75. The number of rotatable bonds is 4. The van der Waals surface area contributed by atoms with Crippen molar-refractivity contribution in [1.29, 1.82) is 0 Å². The number of aromatic nitrogens is 2. The smallest absolute Gasteiger partial charge is 0.354 e. The van der Waals surface area contributed by atoms with Crippen molar-refractivity contribution in [3.63, 3.8) is 0 Å². The van der Waals surface area contributed by atoms with Gasteiger partial charge in [-0.2, -0.15) is 0 Å². The number of amides is 1. The Kier molecular flexibility index (Phi) is 3.58. The first-order valence-corrected chi connectivity index (χ1v) is 5.69. The molecule has 0 radical (unpaired) electrons. The zero-order valence-corrected chi connectivity index (χ0v) is 9.73. The van der Waals surface area contributed by atoms with Gasteiger partial charge >= 0.3 is 5.76 Å². The third-order valence-electron chi connectivity index (χ3n) is 2.97. The molecule has 1 aromatic rings. The number of nitrogens with zero attached hydrogens (tertiary/aromatic N) is 2. The van der Waals surface area contributed by atoms with Crippen LogP contribution in [0.3, 0.4) is 0 Å². The van der Waals surface area contributed by atoms with E-state index >= 15 is 0 Å². The summed E-state index contributed by atoms with van der Waals surface area (Å²) < 4.78 is 4.36. The van der Waals surface area contributed by atoms with Crippen molar-refractivity contribution < 1.29 is 9.32 Å².